The molecular formula is C21H17N5O3. The topological polar surface area (TPSA) is 131 Å². The van der Waals surface area contributed by atoms with Crippen molar-refractivity contribution in [1.29, 1.82) is 5.26 Å². The van der Waals surface area contributed by atoms with Crippen LogP contribution in [0.2, 0.25) is 0 Å². The van der Waals surface area contributed by atoms with Crippen molar-refractivity contribution >= 4 is 5.69 Å². The second-order valence-corrected chi connectivity index (χ2v) is 6.91. The predicted octanol–water partition coefficient (Wildman–Crippen LogP) is 3.82. The second kappa shape index (κ2) is 6.80. The highest BCUT2D eigenvalue weighted by Crippen LogP contribution is 2.46. The molecule has 0 saturated carbocycles. The first-order valence-electron chi connectivity index (χ1n) is 8.88. The molecule has 1 atom stereocenters. The second-order valence-electron chi connectivity index (χ2n) is 6.91. The number of nitriles is 1. The van der Waals surface area contributed by atoms with Crippen molar-refractivity contribution in [2.24, 2.45) is 5.73 Å². The molecule has 0 unspecified atom stereocenters. The Hall–Kier alpha value is -4.12. The maximum Gasteiger partial charge on any atom is 0.269 e. The van der Waals surface area contributed by atoms with E-state index < -0.39 is 10.8 Å². The molecule has 0 saturated heterocycles. The highest BCUT2D eigenvalue weighted by molar-refractivity contribution is 5.73. The van der Waals surface area contributed by atoms with Gasteiger partial charge in [-0.3, -0.25) is 15.2 Å². The van der Waals surface area contributed by atoms with E-state index in [4.69, 9.17) is 10.5 Å². The quantitative estimate of drug-likeness (QED) is 0.519. The summed E-state index contributed by atoms with van der Waals surface area (Å²) in [7, 11) is 0. The standard InChI is InChI=1S/C21H17N5O3/c1-11-6-7-15(12(2)8-11)19-18-17(13-4-3-5-14(9-13)26(27)28)16(10-22)20(23)29-21(18)25-24-19/h3-9,17H,23H2,1-2H3,(H,24,25)/t17-/m1/s1. The van der Waals surface area contributed by atoms with E-state index in [1.165, 1.54) is 12.1 Å². The minimum absolute atomic E-state index is 0.0600. The van der Waals surface area contributed by atoms with Crippen molar-refractivity contribution in [2.75, 3.05) is 0 Å². The average molecular weight is 387 g/mol. The SMILES string of the molecule is Cc1ccc(-c2[nH]nc3c2[C@H](c2cccc([N+](=O)[O-])c2)C(C#N)=C(N)O3)c(C)c1. The molecule has 3 aromatic rings. The van der Waals surface area contributed by atoms with E-state index in [0.717, 1.165) is 16.7 Å². The predicted molar refractivity (Wildman–Crippen MR) is 106 cm³/mol. The van der Waals surface area contributed by atoms with Gasteiger partial charge in [-0.1, -0.05) is 35.9 Å². The van der Waals surface area contributed by atoms with Crippen molar-refractivity contribution in [3.8, 4) is 23.2 Å². The van der Waals surface area contributed by atoms with Gasteiger partial charge in [-0.05, 0) is 25.0 Å². The summed E-state index contributed by atoms with van der Waals surface area (Å²) < 4.78 is 5.59. The fourth-order valence-electron chi connectivity index (χ4n) is 3.70. The maximum absolute atomic E-state index is 11.3. The summed E-state index contributed by atoms with van der Waals surface area (Å²) >= 11 is 0. The van der Waals surface area contributed by atoms with Gasteiger partial charge in [-0.15, -0.1) is 5.10 Å². The molecule has 29 heavy (non-hydrogen) atoms. The molecule has 0 spiro atoms. The minimum atomic E-state index is -0.641. The van der Waals surface area contributed by atoms with E-state index in [2.05, 4.69) is 16.3 Å². The number of fused-ring (bicyclic) bond motifs is 1. The normalized spacial score (nSPS) is 15.4. The van der Waals surface area contributed by atoms with Crippen molar-refractivity contribution in [3.05, 3.63) is 86.3 Å². The lowest BCUT2D eigenvalue weighted by molar-refractivity contribution is -0.384. The van der Waals surface area contributed by atoms with E-state index in [1.807, 2.05) is 32.0 Å². The molecule has 3 N–H and O–H groups in total. The third kappa shape index (κ3) is 2.99. The van der Waals surface area contributed by atoms with E-state index in [-0.39, 0.29) is 23.0 Å². The zero-order chi connectivity index (χ0) is 20.7. The van der Waals surface area contributed by atoms with Crippen molar-refractivity contribution < 1.29 is 9.66 Å². The number of rotatable bonds is 3. The Morgan fingerprint density at radius 2 is 2.07 bits per heavy atom. The van der Waals surface area contributed by atoms with E-state index >= 15 is 0 Å². The molecule has 0 amide bonds. The Kier molecular flexibility index (Phi) is 4.28. The first-order chi connectivity index (χ1) is 13.9. The first kappa shape index (κ1) is 18.3. The van der Waals surface area contributed by atoms with E-state index in [1.54, 1.807) is 12.1 Å². The molecule has 0 aliphatic carbocycles. The van der Waals surface area contributed by atoms with Crippen LogP contribution >= 0.6 is 0 Å². The number of nitro groups is 1. The molecule has 1 aromatic heterocycles. The summed E-state index contributed by atoms with van der Waals surface area (Å²) in [5, 5.41) is 28.3. The van der Waals surface area contributed by atoms with Crippen LogP contribution < -0.4 is 10.5 Å². The zero-order valence-electron chi connectivity index (χ0n) is 15.8. The van der Waals surface area contributed by atoms with Crippen LogP contribution in [0.4, 0.5) is 5.69 Å². The number of nitrogens with one attached hydrogen (secondary N) is 1. The van der Waals surface area contributed by atoms with Crippen LogP contribution in [0, 0.1) is 35.3 Å². The van der Waals surface area contributed by atoms with Crippen LogP contribution in [0.5, 0.6) is 5.88 Å². The largest absolute Gasteiger partial charge is 0.420 e. The summed E-state index contributed by atoms with van der Waals surface area (Å²) in [6.07, 6.45) is 0. The number of aromatic nitrogens is 2. The fraction of sp³-hybridized carbons (Fsp3) is 0.143. The number of hydrogen-bond acceptors (Lipinski definition) is 6. The maximum atomic E-state index is 11.3. The van der Waals surface area contributed by atoms with Gasteiger partial charge in [0.05, 0.1) is 22.1 Å². The number of H-pyrrole nitrogens is 1. The van der Waals surface area contributed by atoms with Crippen molar-refractivity contribution in [3.63, 3.8) is 0 Å². The van der Waals surface area contributed by atoms with E-state index in [0.29, 0.717) is 16.8 Å². The molecule has 8 heteroatoms. The van der Waals surface area contributed by atoms with Gasteiger partial charge in [0, 0.05) is 17.7 Å². The average Bonchev–Trinajstić information content (AvgIpc) is 3.10. The van der Waals surface area contributed by atoms with E-state index in [9.17, 15) is 15.4 Å². The summed E-state index contributed by atoms with van der Waals surface area (Å²) in [6.45, 7) is 3.99. The molecule has 0 bridgehead atoms. The number of hydrogen-bond donors (Lipinski definition) is 2. The number of benzene rings is 2. The third-order valence-electron chi connectivity index (χ3n) is 5.00. The monoisotopic (exact) mass is 387 g/mol. The van der Waals surface area contributed by atoms with Crippen LogP contribution in [0.3, 0.4) is 0 Å². The molecule has 0 radical (unpaired) electrons. The minimum Gasteiger partial charge on any atom is -0.420 e. The molecule has 2 heterocycles. The van der Waals surface area contributed by atoms with Gasteiger partial charge in [-0.2, -0.15) is 5.26 Å². The number of nitrogens with zero attached hydrogens (tertiary/aromatic N) is 3. The highest BCUT2D eigenvalue weighted by atomic mass is 16.6. The van der Waals surface area contributed by atoms with Gasteiger partial charge in [0.2, 0.25) is 11.8 Å². The van der Waals surface area contributed by atoms with Gasteiger partial charge in [-0.25, -0.2) is 0 Å². The number of aryl methyl sites for hydroxylation is 2. The molecule has 4 rings (SSSR count). The Morgan fingerprint density at radius 1 is 1.28 bits per heavy atom. The summed E-state index contributed by atoms with van der Waals surface area (Å²) in [5.41, 5.74) is 11.0. The Labute approximate surface area is 166 Å². The molecule has 2 aromatic carbocycles. The number of allylic oxidation sites excluding steroid dienone is 1. The van der Waals surface area contributed by atoms with Gasteiger partial charge in [0.15, 0.2) is 0 Å². The summed E-state index contributed by atoms with van der Waals surface area (Å²) in [6, 6.07) is 14.3. The number of ether oxygens (including phenoxy) is 1. The molecular weight excluding hydrogens is 370 g/mol. The lowest BCUT2D eigenvalue weighted by atomic mass is 9.82. The van der Waals surface area contributed by atoms with Crippen LogP contribution in [0.15, 0.2) is 53.9 Å². The van der Waals surface area contributed by atoms with Crippen molar-refractivity contribution in [1.82, 2.24) is 10.2 Å². The third-order valence-corrected chi connectivity index (χ3v) is 5.00. The lowest BCUT2D eigenvalue weighted by Gasteiger charge is -2.24. The van der Waals surface area contributed by atoms with Crippen LogP contribution in [-0.2, 0) is 0 Å². The van der Waals surface area contributed by atoms with Gasteiger partial charge < -0.3 is 10.5 Å². The number of nitro benzene ring substituents is 1. The van der Waals surface area contributed by atoms with Crippen LogP contribution in [-0.4, -0.2) is 15.1 Å². The van der Waals surface area contributed by atoms with Crippen LogP contribution in [0.1, 0.15) is 28.2 Å². The Morgan fingerprint density at radius 3 is 2.76 bits per heavy atom. The van der Waals surface area contributed by atoms with Gasteiger partial charge >= 0.3 is 0 Å². The molecule has 1 aliphatic heterocycles. The molecule has 0 fully saturated rings. The molecule has 1 aliphatic rings. The smallest absolute Gasteiger partial charge is 0.269 e. The number of nitrogens with two attached hydrogens (primary N) is 1. The highest BCUT2D eigenvalue weighted by Gasteiger charge is 2.36. The van der Waals surface area contributed by atoms with Gasteiger partial charge in [0.1, 0.15) is 11.6 Å². The lowest BCUT2D eigenvalue weighted by Crippen LogP contribution is -2.21. The Balaban J connectivity index is 1.97. The zero-order valence-corrected chi connectivity index (χ0v) is 15.8. The van der Waals surface area contributed by atoms with Crippen LogP contribution in [0.25, 0.3) is 11.3 Å². The Bertz CT molecular complexity index is 1220. The fourth-order valence-corrected chi connectivity index (χ4v) is 3.70. The van der Waals surface area contributed by atoms with Gasteiger partial charge in [0.25, 0.3) is 5.69 Å². The van der Waals surface area contributed by atoms with Crippen molar-refractivity contribution in [2.45, 2.75) is 19.8 Å². The summed E-state index contributed by atoms with van der Waals surface area (Å²) in [5.74, 6) is -0.443. The molecule has 8 nitrogen and oxygen atoms in total. The summed E-state index contributed by atoms with van der Waals surface area (Å²) in [4.78, 5) is 10.8. The molecule has 144 valence electrons. The number of non-ortho nitro benzene ring substituents is 1. The first-order valence-corrected chi connectivity index (χ1v) is 8.88. The number of aromatic amines is 1.